The first-order valence-corrected chi connectivity index (χ1v) is 4.89. The summed E-state index contributed by atoms with van der Waals surface area (Å²) in [4.78, 5) is 0. The third-order valence-electron chi connectivity index (χ3n) is 1.83. The van der Waals surface area contributed by atoms with Crippen LogP contribution in [0, 0.1) is 0 Å². The molecule has 2 heteroatoms. The SMILES string of the molecule is CCC[C@H](C)O[C@H](C)C[C@@H](C)O. The third kappa shape index (κ3) is 6.62. The van der Waals surface area contributed by atoms with Crippen LogP contribution in [0.1, 0.15) is 47.0 Å². The average Bonchev–Trinajstić information content (AvgIpc) is 1.84. The summed E-state index contributed by atoms with van der Waals surface area (Å²) in [7, 11) is 0. The zero-order chi connectivity index (χ0) is 9.56. The molecule has 0 aliphatic carbocycles. The first-order valence-electron chi connectivity index (χ1n) is 4.89. The second-order valence-electron chi connectivity index (χ2n) is 3.63. The van der Waals surface area contributed by atoms with Gasteiger partial charge >= 0.3 is 0 Å². The molecular formula is C10H22O2. The van der Waals surface area contributed by atoms with Gasteiger partial charge in [0.2, 0.25) is 0 Å². The summed E-state index contributed by atoms with van der Waals surface area (Å²) < 4.78 is 5.64. The maximum absolute atomic E-state index is 9.09. The Labute approximate surface area is 75.9 Å². The summed E-state index contributed by atoms with van der Waals surface area (Å²) >= 11 is 0. The molecule has 0 aromatic heterocycles. The van der Waals surface area contributed by atoms with Crippen LogP contribution in [0.4, 0.5) is 0 Å². The molecule has 0 unspecified atom stereocenters. The van der Waals surface area contributed by atoms with E-state index in [4.69, 9.17) is 9.84 Å². The Kier molecular flexibility index (Phi) is 6.39. The van der Waals surface area contributed by atoms with Crippen LogP contribution in [0.5, 0.6) is 0 Å². The minimum Gasteiger partial charge on any atom is -0.393 e. The molecule has 0 aliphatic heterocycles. The summed E-state index contributed by atoms with van der Waals surface area (Å²) in [5.41, 5.74) is 0. The Hall–Kier alpha value is -0.0800. The summed E-state index contributed by atoms with van der Waals surface area (Å²) in [5, 5.41) is 9.09. The van der Waals surface area contributed by atoms with E-state index in [-0.39, 0.29) is 12.2 Å². The van der Waals surface area contributed by atoms with Crippen LogP contribution < -0.4 is 0 Å². The van der Waals surface area contributed by atoms with E-state index in [1.807, 2.05) is 6.92 Å². The maximum atomic E-state index is 9.09. The van der Waals surface area contributed by atoms with Crippen molar-refractivity contribution in [2.75, 3.05) is 0 Å². The van der Waals surface area contributed by atoms with Crippen molar-refractivity contribution in [2.24, 2.45) is 0 Å². The molecule has 0 bridgehead atoms. The van der Waals surface area contributed by atoms with Gasteiger partial charge < -0.3 is 9.84 Å². The summed E-state index contributed by atoms with van der Waals surface area (Å²) in [6.45, 7) is 8.05. The Morgan fingerprint density at radius 2 is 1.75 bits per heavy atom. The molecular weight excluding hydrogens is 152 g/mol. The van der Waals surface area contributed by atoms with Gasteiger partial charge in [-0.15, -0.1) is 0 Å². The monoisotopic (exact) mass is 174 g/mol. The van der Waals surface area contributed by atoms with Gasteiger partial charge in [-0.2, -0.15) is 0 Å². The Morgan fingerprint density at radius 3 is 2.17 bits per heavy atom. The zero-order valence-corrected chi connectivity index (χ0v) is 8.71. The molecule has 0 saturated heterocycles. The first kappa shape index (κ1) is 11.9. The van der Waals surface area contributed by atoms with Gasteiger partial charge in [0, 0.05) is 0 Å². The number of hydrogen-bond acceptors (Lipinski definition) is 2. The normalized spacial score (nSPS) is 18.8. The Bertz CT molecular complexity index is 102. The van der Waals surface area contributed by atoms with E-state index in [0.717, 1.165) is 19.3 Å². The summed E-state index contributed by atoms with van der Waals surface area (Å²) in [6.07, 6.45) is 3.23. The molecule has 0 fully saturated rings. The lowest BCUT2D eigenvalue weighted by Crippen LogP contribution is -2.20. The topological polar surface area (TPSA) is 29.5 Å². The predicted octanol–water partition coefficient (Wildman–Crippen LogP) is 2.35. The fourth-order valence-corrected chi connectivity index (χ4v) is 1.41. The smallest absolute Gasteiger partial charge is 0.0575 e. The molecule has 0 amide bonds. The molecule has 0 spiro atoms. The summed E-state index contributed by atoms with van der Waals surface area (Å²) in [5.74, 6) is 0. The molecule has 74 valence electrons. The highest BCUT2D eigenvalue weighted by atomic mass is 16.5. The maximum Gasteiger partial charge on any atom is 0.0575 e. The highest BCUT2D eigenvalue weighted by molar-refractivity contribution is 4.58. The van der Waals surface area contributed by atoms with Crippen molar-refractivity contribution in [2.45, 2.75) is 65.3 Å². The quantitative estimate of drug-likeness (QED) is 0.669. The van der Waals surface area contributed by atoms with Crippen LogP contribution in [0.2, 0.25) is 0 Å². The second-order valence-corrected chi connectivity index (χ2v) is 3.63. The van der Waals surface area contributed by atoms with Crippen LogP contribution in [0.25, 0.3) is 0 Å². The first-order chi connectivity index (χ1) is 5.56. The van der Waals surface area contributed by atoms with E-state index in [1.54, 1.807) is 6.92 Å². The van der Waals surface area contributed by atoms with Gasteiger partial charge in [-0.3, -0.25) is 0 Å². The van der Waals surface area contributed by atoms with Gasteiger partial charge in [-0.1, -0.05) is 13.3 Å². The standard InChI is InChI=1S/C10H22O2/c1-5-6-9(3)12-10(4)7-8(2)11/h8-11H,5-7H2,1-4H3/t8-,9+,10-/m1/s1. The minimum atomic E-state index is -0.256. The number of hydrogen-bond donors (Lipinski definition) is 1. The molecule has 0 rings (SSSR count). The van der Waals surface area contributed by atoms with Crippen LogP contribution in [0.15, 0.2) is 0 Å². The molecule has 0 radical (unpaired) electrons. The fourth-order valence-electron chi connectivity index (χ4n) is 1.41. The van der Waals surface area contributed by atoms with Crippen molar-refractivity contribution in [1.29, 1.82) is 0 Å². The van der Waals surface area contributed by atoms with E-state index in [1.165, 1.54) is 0 Å². The lowest BCUT2D eigenvalue weighted by atomic mass is 10.2. The molecule has 0 aromatic rings. The molecule has 0 saturated carbocycles. The highest BCUT2D eigenvalue weighted by Gasteiger charge is 2.09. The lowest BCUT2D eigenvalue weighted by Gasteiger charge is -2.19. The van der Waals surface area contributed by atoms with Crippen molar-refractivity contribution in [1.82, 2.24) is 0 Å². The fraction of sp³-hybridized carbons (Fsp3) is 1.00. The number of ether oxygens (including phenoxy) is 1. The van der Waals surface area contributed by atoms with Crippen LogP contribution in [-0.4, -0.2) is 23.4 Å². The van der Waals surface area contributed by atoms with E-state index in [2.05, 4.69) is 13.8 Å². The van der Waals surface area contributed by atoms with Crippen LogP contribution in [-0.2, 0) is 4.74 Å². The third-order valence-corrected chi connectivity index (χ3v) is 1.83. The molecule has 12 heavy (non-hydrogen) atoms. The lowest BCUT2D eigenvalue weighted by molar-refractivity contribution is -0.0188. The Morgan fingerprint density at radius 1 is 1.17 bits per heavy atom. The largest absolute Gasteiger partial charge is 0.393 e. The molecule has 0 aromatic carbocycles. The van der Waals surface area contributed by atoms with Gasteiger partial charge in [0.25, 0.3) is 0 Å². The van der Waals surface area contributed by atoms with Gasteiger partial charge in [-0.25, -0.2) is 0 Å². The van der Waals surface area contributed by atoms with Crippen molar-refractivity contribution in [3.05, 3.63) is 0 Å². The predicted molar refractivity (Wildman–Crippen MR) is 51.2 cm³/mol. The van der Waals surface area contributed by atoms with Crippen molar-refractivity contribution < 1.29 is 9.84 Å². The van der Waals surface area contributed by atoms with Crippen molar-refractivity contribution >= 4 is 0 Å². The Balaban J connectivity index is 3.46. The number of aliphatic hydroxyl groups excluding tert-OH is 1. The van der Waals surface area contributed by atoms with Gasteiger partial charge in [0.05, 0.1) is 18.3 Å². The van der Waals surface area contributed by atoms with E-state index in [0.29, 0.717) is 6.10 Å². The van der Waals surface area contributed by atoms with Gasteiger partial charge in [0.1, 0.15) is 0 Å². The molecule has 1 N–H and O–H groups in total. The molecule has 0 heterocycles. The van der Waals surface area contributed by atoms with Gasteiger partial charge in [0.15, 0.2) is 0 Å². The molecule has 0 aliphatic rings. The van der Waals surface area contributed by atoms with E-state index < -0.39 is 0 Å². The van der Waals surface area contributed by atoms with Crippen LogP contribution >= 0.6 is 0 Å². The number of rotatable bonds is 6. The number of aliphatic hydroxyl groups is 1. The van der Waals surface area contributed by atoms with Crippen molar-refractivity contribution in [3.63, 3.8) is 0 Å². The minimum absolute atomic E-state index is 0.173. The van der Waals surface area contributed by atoms with Crippen LogP contribution in [0.3, 0.4) is 0 Å². The molecule has 2 nitrogen and oxygen atoms in total. The van der Waals surface area contributed by atoms with Gasteiger partial charge in [-0.05, 0) is 33.6 Å². The van der Waals surface area contributed by atoms with Crippen molar-refractivity contribution in [3.8, 4) is 0 Å². The molecule has 3 atom stereocenters. The van der Waals surface area contributed by atoms with E-state index >= 15 is 0 Å². The zero-order valence-electron chi connectivity index (χ0n) is 8.71. The summed E-state index contributed by atoms with van der Waals surface area (Å²) in [6, 6.07) is 0. The average molecular weight is 174 g/mol. The highest BCUT2D eigenvalue weighted by Crippen LogP contribution is 2.08. The second kappa shape index (κ2) is 6.44. The van der Waals surface area contributed by atoms with E-state index in [9.17, 15) is 0 Å².